The van der Waals surface area contributed by atoms with Gasteiger partial charge in [-0.2, -0.15) is 0 Å². The summed E-state index contributed by atoms with van der Waals surface area (Å²) >= 11 is 0. The van der Waals surface area contributed by atoms with Gasteiger partial charge in [0.05, 0.1) is 12.5 Å². The number of carboxylic acids is 1. The van der Waals surface area contributed by atoms with Crippen molar-refractivity contribution in [2.75, 3.05) is 0 Å². The number of hydrogen-bond acceptors (Lipinski definition) is 2. The Labute approximate surface area is 66.4 Å². The zero-order valence-corrected chi connectivity index (χ0v) is 6.66. The predicted octanol–water partition coefficient (Wildman–Crippen LogP) is 1.18. The van der Waals surface area contributed by atoms with E-state index in [2.05, 4.69) is 0 Å². The van der Waals surface area contributed by atoms with E-state index >= 15 is 0 Å². The van der Waals surface area contributed by atoms with E-state index in [1.165, 1.54) is 0 Å². The first-order valence-electron chi connectivity index (χ1n) is 3.71. The van der Waals surface area contributed by atoms with Crippen LogP contribution in [0.5, 0.6) is 0 Å². The van der Waals surface area contributed by atoms with Crippen molar-refractivity contribution in [2.45, 2.75) is 32.3 Å². The highest BCUT2D eigenvalue weighted by atomic mass is 16.4. The Kier molecular flexibility index (Phi) is 5.47. The Bertz CT molecular complexity index is 140. The Morgan fingerprint density at radius 1 is 1.55 bits per heavy atom. The summed E-state index contributed by atoms with van der Waals surface area (Å²) in [6.45, 7) is 1.99. The fourth-order valence-electron chi connectivity index (χ4n) is 0.705. The van der Waals surface area contributed by atoms with Crippen molar-refractivity contribution in [3.8, 4) is 0 Å². The molecule has 0 bridgehead atoms. The van der Waals surface area contributed by atoms with Crippen LogP contribution in [0.2, 0.25) is 0 Å². The lowest BCUT2D eigenvalue weighted by atomic mass is 10.2. The average Bonchev–Trinajstić information content (AvgIpc) is 1.86. The van der Waals surface area contributed by atoms with E-state index in [0.29, 0.717) is 6.42 Å². The quantitative estimate of drug-likeness (QED) is 0.590. The largest absolute Gasteiger partial charge is 0.481 e. The maximum Gasteiger partial charge on any atom is 0.305 e. The van der Waals surface area contributed by atoms with E-state index in [1.807, 2.05) is 13.0 Å². The second-order valence-electron chi connectivity index (χ2n) is 2.37. The molecule has 0 aliphatic rings. The molecule has 0 aliphatic carbocycles. The molecule has 0 heterocycles. The van der Waals surface area contributed by atoms with E-state index in [9.17, 15) is 4.79 Å². The maximum atomic E-state index is 10.1. The summed E-state index contributed by atoms with van der Waals surface area (Å²) in [7, 11) is 0. The third-order valence-electron chi connectivity index (χ3n) is 1.22. The molecule has 0 aliphatic heterocycles. The van der Waals surface area contributed by atoms with Crippen molar-refractivity contribution >= 4 is 5.97 Å². The van der Waals surface area contributed by atoms with E-state index < -0.39 is 12.1 Å². The fourth-order valence-corrected chi connectivity index (χ4v) is 0.705. The monoisotopic (exact) mass is 158 g/mol. The Morgan fingerprint density at radius 3 is 2.64 bits per heavy atom. The topological polar surface area (TPSA) is 57.5 Å². The van der Waals surface area contributed by atoms with Gasteiger partial charge in [-0.05, 0) is 12.8 Å². The molecule has 3 nitrogen and oxygen atoms in total. The van der Waals surface area contributed by atoms with Crippen LogP contribution in [0.1, 0.15) is 26.2 Å². The van der Waals surface area contributed by atoms with E-state index in [-0.39, 0.29) is 6.42 Å². The molecule has 3 heteroatoms. The molecule has 0 spiro atoms. The van der Waals surface area contributed by atoms with Crippen molar-refractivity contribution in [1.29, 1.82) is 0 Å². The van der Waals surface area contributed by atoms with Gasteiger partial charge in [0, 0.05) is 0 Å². The molecule has 0 saturated carbocycles. The highest BCUT2D eigenvalue weighted by Crippen LogP contribution is 1.99. The first-order valence-corrected chi connectivity index (χ1v) is 3.71. The molecule has 1 unspecified atom stereocenters. The minimum absolute atomic E-state index is 0.173. The molecule has 64 valence electrons. The summed E-state index contributed by atoms with van der Waals surface area (Å²) in [6, 6.07) is 0. The number of rotatable bonds is 5. The van der Waals surface area contributed by atoms with Crippen LogP contribution < -0.4 is 0 Å². The molecule has 0 aromatic heterocycles. The molecule has 0 rings (SSSR count). The zero-order chi connectivity index (χ0) is 8.69. The molecule has 0 amide bonds. The van der Waals surface area contributed by atoms with Gasteiger partial charge in [0.15, 0.2) is 0 Å². The molecule has 0 fully saturated rings. The van der Waals surface area contributed by atoms with Crippen molar-refractivity contribution in [3.63, 3.8) is 0 Å². The normalized spacial score (nSPS) is 13.6. The summed E-state index contributed by atoms with van der Waals surface area (Å²) in [5.74, 6) is -0.956. The summed E-state index contributed by atoms with van der Waals surface area (Å²) < 4.78 is 0. The van der Waals surface area contributed by atoms with Gasteiger partial charge < -0.3 is 10.2 Å². The van der Waals surface area contributed by atoms with Crippen LogP contribution in [0.15, 0.2) is 12.2 Å². The van der Waals surface area contributed by atoms with Gasteiger partial charge in [-0.25, -0.2) is 0 Å². The highest BCUT2D eigenvalue weighted by molar-refractivity contribution is 5.67. The lowest BCUT2D eigenvalue weighted by molar-refractivity contribution is -0.139. The van der Waals surface area contributed by atoms with Gasteiger partial charge in [0.1, 0.15) is 0 Å². The van der Waals surface area contributed by atoms with Crippen LogP contribution in [0.25, 0.3) is 0 Å². The predicted molar refractivity (Wildman–Crippen MR) is 42.3 cm³/mol. The smallest absolute Gasteiger partial charge is 0.305 e. The highest BCUT2D eigenvalue weighted by Gasteiger charge is 2.06. The average molecular weight is 158 g/mol. The van der Waals surface area contributed by atoms with Gasteiger partial charge >= 0.3 is 5.97 Å². The molecule has 0 aromatic carbocycles. The Morgan fingerprint density at radius 2 is 2.18 bits per heavy atom. The van der Waals surface area contributed by atoms with E-state index in [4.69, 9.17) is 10.2 Å². The number of aliphatic hydroxyl groups is 1. The first kappa shape index (κ1) is 10.2. The Balaban J connectivity index is 3.44. The van der Waals surface area contributed by atoms with Crippen LogP contribution in [-0.4, -0.2) is 22.3 Å². The third kappa shape index (κ3) is 7.06. The first-order chi connectivity index (χ1) is 5.16. The van der Waals surface area contributed by atoms with Gasteiger partial charge in [-0.1, -0.05) is 19.1 Å². The standard InChI is InChI=1S/C8H14O3/c1-2-3-4-5-7(9)6-8(10)11/h3-4,7,9H,2,5-6H2,1H3,(H,10,11)/b4-3-. The number of aliphatic hydroxyl groups excluding tert-OH is 1. The second-order valence-corrected chi connectivity index (χ2v) is 2.37. The van der Waals surface area contributed by atoms with Crippen LogP contribution in [0.4, 0.5) is 0 Å². The molecule has 1 atom stereocenters. The maximum absolute atomic E-state index is 10.1. The molecule has 0 radical (unpaired) electrons. The van der Waals surface area contributed by atoms with Crippen molar-refractivity contribution in [1.82, 2.24) is 0 Å². The molecular formula is C8H14O3. The zero-order valence-electron chi connectivity index (χ0n) is 6.66. The molecular weight excluding hydrogens is 144 g/mol. The van der Waals surface area contributed by atoms with Crippen LogP contribution >= 0.6 is 0 Å². The van der Waals surface area contributed by atoms with Crippen LogP contribution in [-0.2, 0) is 4.79 Å². The number of hydrogen-bond donors (Lipinski definition) is 2. The minimum Gasteiger partial charge on any atom is -0.481 e. The number of carbonyl (C=O) groups is 1. The van der Waals surface area contributed by atoms with Crippen molar-refractivity contribution in [2.24, 2.45) is 0 Å². The molecule has 2 N–H and O–H groups in total. The summed E-state index contributed by atoms with van der Waals surface area (Å²) in [4.78, 5) is 10.1. The number of allylic oxidation sites excluding steroid dienone is 1. The van der Waals surface area contributed by atoms with E-state index in [0.717, 1.165) is 6.42 Å². The van der Waals surface area contributed by atoms with Gasteiger partial charge in [0.2, 0.25) is 0 Å². The summed E-state index contributed by atoms with van der Waals surface area (Å²) in [5.41, 5.74) is 0. The van der Waals surface area contributed by atoms with Crippen LogP contribution in [0, 0.1) is 0 Å². The molecule has 11 heavy (non-hydrogen) atoms. The SMILES string of the molecule is CC/C=C\CC(O)CC(=O)O. The third-order valence-corrected chi connectivity index (χ3v) is 1.22. The lowest BCUT2D eigenvalue weighted by Gasteiger charge is -2.02. The summed E-state index contributed by atoms with van der Waals surface area (Å²) in [5, 5.41) is 17.3. The lowest BCUT2D eigenvalue weighted by Crippen LogP contribution is -2.11. The number of aliphatic carboxylic acids is 1. The van der Waals surface area contributed by atoms with Gasteiger partial charge in [-0.3, -0.25) is 4.79 Å². The number of carboxylic acid groups (broad SMARTS) is 1. The second kappa shape index (κ2) is 5.92. The van der Waals surface area contributed by atoms with Gasteiger partial charge in [-0.15, -0.1) is 0 Å². The summed E-state index contributed by atoms with van der Waals surface area (Å²) in [6.07, 6.45) is 4.14. The Hall–Kier alpha value is -0.830. The van der Waals surface area contributed by atoms with Crippen LogP contribution in [0.3, 0.4) is 0 Å². The van der Waals surface area contributed by atoms with Gasteiger partial charge in [0.25, 0.3) is 0 Å². The minimum atomic E-state index is -0.956. The molecule has 0 saturated heterocycles. The van der Waals surface area contributed by atoms with Crippen molar-refractivity contribution in [3.05, 3.63) is 12.2 Å². The molecule has 0 aromatic rings. The fraction of sp³-hybridized carbons (Fsp3) is 0.625. The van der Waals surface area contributed by atoms with E-state index in [1.54, 1.807) is 6.08 Å². The van der Waals surface area contributed by atoms with Crippen molar-refractivity contribution < 1.29 is 15.0 Å².